The van der Waals surface area contributed by atoms with Gasteiger partial charge in [-0.3, -0.25) is 0 Å². The Morgan fingerprint density at radius 1 is 0.935 bits per heavy atom. The molecule has 1 aromatic heterocycles. The van der Waals surface area contributed by atoms with Crippen LogP contribution in [0.5, 0.6) is 0 Å². The van der Waals surface area contributed by atoms with Gasteiger partial charge < -0.3 is 29.7 Å². The van der Waals surface area contributed by atoms with Crippen LogP contribution in [-0.2, 0) is 11.2 Å². The molecule has 0 amide bonds. The summed E-state index contributed by atoms with van der Waals surface area (Å²) in [6.45, 7) is 5.71. The molecular formula is C24H29NO5S. The smallest absolute Gasteiger partial charge is 0.163 e. The molecule has 1 aliphatic heterocycles. The van der Waals surface area contributed by atoms with Gasteiger partial charge in [0.15, 0.2) is 6.23 Å². The van der Waals surface area contributed by atoms with E-state index in [2.05, 4.69) is 37.3 Å². The maximum absolute atomic E-state index is 10.7. The third-order valence-corrected chi connectivity index (χ3v) is 7.09. The van der Waals surface area contributed by atoms with E-state index in [1.165, 1.54) is 5.56 Å². The minimum Gasteiger partial charge on any atom is -0.394 e. The molecule has 0 aliphatic carbocycles. The fraction of sp³-hybridized carbons (Fsp3) is 0.417. The largest absolute Gasteiger partial charge is 0.394 e. The van der Waals surface area contributed by atoms with E-state index in [4.69, 9.17) is 4.74 Å². The van der Waals surface area contributed by atoms with Crippen molar-refractivity contribution in [3.8, 4) is 0 Å². The zero-order valence-electron chi connectivity index (χ0n) is 17.9. The van der Waals surface area contributed by atoms with Gasteiger partial charge in [0.25, 0.3) is 0 Å². The molecule has 0 saturated carbocycles. The lowest BCUT2D eigenvalue weighted by Crippen LogP contribution is -2.56. The summed E-state index contributed by atoms with van der Waals surface area (Å²) in [4.78, 5) is 2.11. The Morgan fingerprint density at radius 2 is 1.61 bits per heavy atom. The number of fused-ring (bicyclic) bond motifs is 1. The third kappa shape index (κ3) is 4.02. The quantitative estimate of drug-likeness (QED) is 0.484. The molecule has 7 heteroatoms. The summed E-state index contributed by atoms with van der Waals surface area (Å²) < 4.78 is 7.68. The van der Waals surface area contributed by atoms with Crippen LogP contribution in [-0.4, -0.2) is 56.0 Å². The van der Waals surface area contributed by atoms with Crippen LogP contribution in [0, 0.1) is 13.8 Å². The van der Waals surface area contributed by atoms with Gasteiger partial charge in [-0.2, -0.15) is 0 Å². The number of ether oxygens (including phenoxy) is 1. The summed E-state index contributed by atoms with van der Waals surface area (Å²) in [5.41, 5.74) is 4.28. The zero-order chi connectivity index (χ0) is 22.3. The van der Waals surface area contributed by atoms with E-state index in [0.717, 1.165) is 38.2 Å². The second-order valence-corrected chi connectivity index (χ2v) is 9.26. The first-order valence-corrected chi connectivity index (χ1v) is 11.3. The topological polar surface area (TPSA) is 95.1 Å². The summed E-state index contributed by atoms with van der Waals surface area (Å²) in [5, 5.41) is 41.8. The lowest BCUT2D eigenvalue weighted by molar-refractivity contribution is -0.250. The number of hydrogen-bond donors (Lipinski definition) is 4. The molecule has 0 spiro atoms. The van der Waals surface area contributed by atoms with Crippen molar-refractivity contribution in [2.45, 2.75) is 67.6 Å². The zero-order valence-corrected chi connectivity index (χ0v) is 18.7. The average Bonchev–Trinajstić information content (AvgIpc) is 3.15. The highest BCUT2D eigenvalue weighted by molar-refractivity contribution is 7.99. The van der Waals surface area contributed by atoms with Crippen LogP contribution < -0.4 is 0 Å². The molecule has 0 bridgehead atoms. The van der Waals surface area contributed by atoms with Crippen LogP contribution in [0.4, 0.5) is 0 Å². The van der Waals surface area contributed by atoms with Crippen LogP contribution >= 0.6 is 11.8 Å². The van der Waals surface area contributed by atoms with Gasteiger partial charge in [0.2, 0.25) is 0 Å². The van der Waals surface area contributed by atoms with Gasteiger partial charge in [0, 0.05) is 21.4 Å². The molecule has 166 valence electrons. The number of hydrogen-bond acceptors (Lipinski definition) is 6. The van der Waals surface area contributed by atoms with Crippen molar-refractivity contribution in [1.29, 1.82) is 0 Å². The van der Waals surface area contributed by atoms with Crippen LogP contribution in [0.2, 0.25) is 0 Å². The Bertz CT molecular complexity index is 1060. The third-order valence-electron chi connectivity index (χ3n) is 6.05. The maximum atomic E-state index is 10.7. The lowest BCUT2D eigenvalue weighted by Gasteiger charge is -2.40. The Hall–Kier alpha value is -1.87. The van der Waals surface area contributed by atoms with Gasteiger partial charge in [-0.25, -0.2) is 0 Å². The summed E-state index contributed by atoms with van der Waals surface area (Å²) in [7, 11) is 0. The maximum Gasteiger partial charge on any atom is 0.163 e. The van der Waals surface area contributed by atoms with E-state index < -0.39 is 37.3 Å². The van der Waals surface area contributed by atoms with Crippen molar-refractivity contribution in [2.75, 3.05) is 6.61 Å². The van der Waals surface area contributed by atoms with Gasteiger partial charge in [0.1, 0.15) is 24.4 Å². The Balaban J connectivity index is 1.81. The molecule has 0 unspecified atom stereocenters. The van der Waals surface area contributed by atoms with E-state index in [-0.39, 0.29) is 0 Å². The predicted octanol–water partition coefficient (Wildman–Crippen LogP) is 2.94. The van der Waals surface area contributed by atoms with E-state index in [1.807, 2.05) is 30.7 Å². The number of rotatable bonds is 5. The molecule has 2 aromatic carbocycles. The van der Waals surface area contributed by atoms with Gasteiger partial charge in [-0.1, -0.05) is 43.0 Å². The molecule has 5 atom stereocenters. The van der Waals surface area contributed by atoms with Gasteiger partial charge in [-0.15, -0.1) is 0 Å². The molecule has 2 heterocycles. The summed E-state index contributed by atoms with van der Waals surface area (Å²) in [6.07, 6.45) is -3.12. The molecule has 1 fully saturated rings. The minimum absolute atomic E-state index is 0.454. The normalized spacial score (nSPS) is 26.5. The van der Waals surface area contributed by atoms with Crippen molar-refractivity contribution in [3.63, 3.8) is 0 Å². The first-order valence-electron chi connectivity index (χ1n) is 10.5. The Morgan fingerprint density at radius 3 is 2.26 bits per heavy atom. The highest BCUT2D eigenvalue weighted by Crippen LogP contribution is 2.41. The molecule has 4 rings (SSSR count). The van der Waals surface area contributed by atoms with Crippen molar-refractivity contribution >= 4 is 22.7 Å². The second kappa shape index (κ2) is 8.94. The standard InChI is InChI=1S/C24H29NO5S/c1-4-15-7-9-16(10-8-15)31-18-11-25(20-14(3)6-5-13(2)19(18)20)24-23(29)22(28)21(27)17(12-26)30-24/h5-11,17,21-24,26-29H,4,12H2,1-3H3/t17-,21-,22+,23-,24-/m1/s1. The Labute approximate surface area is 186 Å². The lowest BCUT2D eigenvalue weighted by atomic mass is 9.98. The monoisotopic (exact) mass is 443 g/mol. The van der Waals surface area contributed by atoms with Gasteiger partial charge in [-0.05, 0) is 49.1 Å². The van der Waals surface area contributed by atoms with Gasteiger partial charge >= 0.3 is 0 Å². The Kier molecular flexibility index (Phi) is 6.44. The first-order chi connectivity index (χ1) is 14.8. The fourth-order valence-corrected chi connectivity index (χ4v) is 5.26. The SMILES string of the molecule is CCc1ccc(Sc2cn([C@@H]3O[C@H](CO)[C@@H](O)[C@H](O)[C@H]3O)c3c(C)ccc(C)c23)cc1. The van der Waals surface area contributed by atoms with E-state index in [9.17, 15) is 20.4 Å². The van der Waals surface area contributed by atoms with Crippen molar-refractivity contribution in [1.82, 2.24) is 4.57 Å². The summed E-state index contributed by atoms with van der Waals surface area (Å²) >= 11 is 1.63. The number of aliphatic hydroxyl groups excluding tert-OH is 4. The number of aliphatic hydroxyl groups is 4. The number of benzene rings is 2. The molecule has 4 N–H and O–H groups in total. The van der Waals surface area contributed by atoms with Crippen molar-refractivity contribution in [3.05, 3.63) is 59.3 Å². The van der Waals surface area contributed by atoms with Crippen LogP contribution in [0.3, 0.4) is 0 Å². The number of aryl methyl sites for hydroxylation is 3. The number of aromatic nitrogens is 1. The van der Waals surface area contributed by atoms with Crippen LogP contribution in [0.15, 0.2) is 52.4 Å². The van der Waals surface area contributed by atoms with Crippen molar-refractivity contribution < 1.29 is 25.2 Å². The molecule has 3 aromatic rings. The number of nitrogens with zero attached hydrogens (tertiary/aromatic N) is 1. The molecular weight excluding hydrogens is 414 g/mol. The van der Waals surface area contributed by atoms with Gasteiger partial charge in [0.05, 0.1) is 12.1 Å². The van der Waals surface area contributed by atoms with Crippen LogP contribution in [0.1, 0.15) is 29.8 Å². The van der Waals surface area contributed by atoms with E-state index in [0.29, 0.717) is 0 Å². The van der Waals surface area contributed by atoms with Crippen molar-refractivity contribution in [2.24, 2.45) is 0 Å². The molecule has 6 nitrogen and oxygen atoms in total. The van der Waals surface area contributed by atoms with Crippen LogP contribution in [0.25, 0.3) is 10.9 Å². The summed E-state index contributed by atoms with van der Waals surface area (Å²) in [6, 6.07) is 12.5. The van der Waals surface area contributed by atoms with E-state index >= 15 is 0 Å². The minimum atomic E-state index is -1.42. The molecule has 31 heavy (non-hydrogen) atoms. The average molecular weight is 444 g/mol. The molecule has 1 saturated heterocycles. The highest BCUT2D eigenvalue weighted by Gasteiger charge is 2.44. The predicted molar refractivity (Wildman–Crippen MR) is 120 cm³/mol. The summed E-state index contributed by atoms with van der Waals surface area (Å²) in [5.74, 6) is 0. The molecule has 1 aliphatic rings. The first kappa shape index (κ1) is 22.3. The molecule has 0 radical (unpaired) electrons. The highest BCUT2D eigenvalue weighted by atomic mass is 32.2. The fourth-order valence-electron chi connectivity index (χ4n) is 4.21. The van der Waals surface area contributed by atoms with E-state index in [1.54, 1.807) is 11.8 Å². The second-order valence-electron chi connectivity index (χ2n) is 8.14.